The lowest BCUT2D eigenvalue weighted by Crippen LogP contribution is -1.97. The Labute approximate surface area is 51.9 Å². The van der Waals surface area contributed by atoms with Crippen LogP contribution in [0, 0.1) is 0 Å². The molecule has 0 unspecified atom stereocenters. The Kier molecular flexibility index (Phi) is 3.01. The molecule has 0 saturated heterocycles. The molecule has 0 bridgehead atoms. The average Bonchev–Trinajstić information content (AvgIpc) is 1.21. The molecule has 0 radical (unpaired) electrons. The summed E-state index contributed by atoms with van der Waals surface area (Å²) in [5.41, 5.74) is 0. The minimum absolute atomic E-state index is 0.512. The largest absolute Gasteiger partial charge is 0.398 e. The minimum atomic E-state index is -3.88. The van der Waals surface area contributed by atoms with Crippen LogP contribution in [0.4, 0.5) is 0 Å². The number of nitrogens with zero attached hydrogens (tertiary/aromatic N) is 1. The number of hydrogen-bond acceptors (Lipinski definition) is 3. The third-order valence-corrected chi connectivity index (χ3v) is 2.43. The molecule has 0 aliphatic rings. The molecule has 0 aliphatic carbocycles. The van der Waals surface area contributed by atoms with Gasteiger partial charge in [-0.2, -0.15) is 0 Å². The second kappa shape index (κ2) is 2.85. The van der Waals surface area contributed by atoms with Crippen LogP contribution in [0.1, 0.15) is 0 Å². The summed E-state index contributed by atoms with van der Waals surface area (Å²) in [6.07, 6.45) is 0. The highest BCUT2D eigenvalue weighted by Crippen LogP contribution is 2.50. The maximum absolute atomic E-state index is 10.1. The highest BCUT2D eigenvalue weighted by atomic mass is 32.7. The standard InChI is InChI=1S/C2H8NO3PS/c1-3(2)8-7(4,5)6/h1-2H3,(H2,4,5,6). The molecular weight excluding hydrogens is 149 g/mol. The van der Waals surface area contributed by atoms with Gasteiger partial charge in [0.2, 0.25) is 0 Å². The lowest BCUT2D eigenvalue weighted by molar-refractivity contribution is 0.395. The van der Waals surface area contributed by atoms with Crippen LogP contribution < -0.4 is 0 Å². The maximum atomic E-state index is 10.1. The Morgan fingerprint density at radius 1 is 1.50 bits per heavy atom. The molecule has 0 atom stereocenters. The molecule has 0 amide bonds. The molecule has 6 heteroatoms. The van der Waals surface area contributed by atoms with Gasteiger partial charge in [0.1, 0.15) is 0 Å². The fourth-order valence-corrected chi connectivity index (χ4v) is 1.91. The number of hydrogen-bond donors (Lipinski definition) is 2. The fraction of sp³-hybridized carbons (Fsp3) is 1.00. The van der Waals surface area contributed by atoms with Gasteiger partial charge in [-0.15, -0.1) is 0 Å². The second-order valence-corrected chi connectivity index (χ2v) is 5.18. The summed E-state index contributed by atoms with van der Waals surface area (Å²) >= 11 is 0.512. The van der Waals surface area contributed by atoms with Crippen LogP contribution in [0.3, 0.4) is 0 Å². The molecule has 0 saturated carbocycles. The first-order valence-corrected chi connectivity index (χ1v) is 4.83. The zero-order valence-corrected chi connectivity index (χ0v) is 6.32. The van der Waals surface area contributed by atoms with E-state index in [0.29, 0.717) is 11.6 Å². The first kappa shape index (κ1) is 8.46. The Bertz CT molecular complexity index is 110. The van der Waals surface area contributed by atoms with Crippen LogP contribution in [0.2, 0.25) is 0 Å². The third-order valence-electron chi connectivity index (χ3n) is 0.270. The molecule has 2 N–H and O–H groups in total. The summed E-state index contributed by atoms with van der Waals surface area (Å²) in [7, 11) is 3.15. The van der Waals surface area contributed by atoms with Gasteiger partial charge in [0.05, 0.1) is 0 Å². The highest BCUT2D eigenvalue weighted by Gasteiger charge is 2.14. The minimum Gasteiger partial charge on any atom is -0.316 e. The van der Waals surface area contributed by atoms with E-state index in [1.807, 2.05) is 0 Å². The third kappa shape index (κ3) is 6.46. The van der Waals surface area contributed by atoms with Crippen LogP contribution in [-0.4, -0.2) is 28.2 Å². The van der Waals surface area contributed by atoms with Gasteiger partial charge in [-0.3, -0.25) is 0 Å². The molecule has 0 aromatic rings. The van der Waals surface area contributed by atoms with Crippen LogP contribution >= 0.6 is 18.4 Å². The van der Waals surface area contributed by atoms with E-state index in [-0.39, 0.29) is 0 Å². The molecule has 0 aliphatic heterocycles. The predicted molar refractivity (Wildman–Crippen MR) is 33.3 cm³/mol. The summed E-state index contributed by atoms with van der Waals surface area (Å²) in [6, 6.07) is 0. The van der Waals surface area contributed by atoms with E-state index in [4.69, 9.17) is 9.79 Å². The molecule has 0 fully saturated rings. The molecule has 4 nitrogen and oxygen atoms in total. The van der Waals surface area contributed by atoms with Gasteiger partial charge in [0.25, 0.3) is 0 Å². The molecule has 0 spiro atoms. The highest BCUT2D eigenvalue weighted by molar-refractivity contribution is 8.53. The molecule has 0 aromatic carbocycles. The van der Waals surface area contributed by atoms with Crippen molar-refractivity contribution < 1.29 is 14.4 Å². The smallest absolute Gasteiger partial charge is 0.316 e. The van der Waals surface area contributed by atoms with Gasteiger partial charge in [0, 0.05) is 11.6 Å². The number of rotatable bonds is 2. The predicted octanol–water partition coefficient (Wildman–Crippen LogP) is 0.289. The first-order valence-electron chi connectivity index (χ1n) is 1.84. The van der Waals surface area contributed by atoms with Gasteiger partial charge in [0.15, 0.2) is 0 Å². The van der Waals surface area contributed by atoms with Crippen molar-refractivity contribution in [1.29, 1.82) is 0 Å². The first-order chi connectivity index (χ1) is 3.42. The molecule has 0 heterocycles. The average molecular weight is 157 g/mol. The van der Waals surface area contributed by atoms with Gasteiger partial charge in [-0.25, -0.2) is 8.87 Å². The van der Waals surface area contributed by atoms with E-state index < -0.39 is 6.80 Å². The van der Waals surface area contributed by atoms with Crippen molar-refractivity contribution in [1.82, 2.24) is 4.31 Å². The molecule has 8 heavy (non-hydrogen) atoms. The zero-order chi connectivity index (χ0) is 6.78. The van der Waals surface area contributed by atoms with Crippen LogP contribution in [0.5, 0.6) is 0 Å². The van der Waals surface area contributed by atoms with Crippen molar-refractivity contribution in [2.75, 3.05) is 14.1 Å². The summed E-state index contributed by atoms with van der Waals surface area (Å²) < 4.78 is 11.4. The van der Waals surface area contributed by atoms with Gasteiger partial charge < -0.3 is 9.79 Å². The van der Waals surface area contributed by atoms with E-state index in [1.54, 1.807) is 14.1 Å². The van der Waals surface area contributed by atoms with E-state index >= 15 is 0 Å². The quantitative estimate of drug-likeness (QED) is 0.445. The zero-order valence-electron chi connectivity index (χ0n) is 4.61. The molecule has 0 rings (SSSR count). The van der Waals surface area contributed by atoms with E-state index in [1.165, 1.54) is 4.31 Å². The SMILES string of the molecule is CN(C)SP(=O)(O)O. The summed E-state index contributed by atoms with van der Waals surface area (Å²) in [5.74, 6) is 0. The fourth-order valence-electron chi connectivity index (χ4n) is 0.213. The van der Waals surface area contributed by atoms with Crippen LogP contribution in [0.15, 0.2) is 0 Å². The topological polar surface area (TPSA) is 60.8 Å². The van der Waals surface area contributed by atoms with Gasteiger partial charge >= 0.3 is 6.80 Å². The Balaban J connectivity index is 3.56. The summed E-state index contributed by atoms with van der Waals surface area (Å²) in [5, 5.41) is 0. The Morgan fingerprint density at radius 2 is 1.88 bits per heavy atom. The van der Waals surface area contributed by atoms with E-state index in [0.717, 1.165) is 0 Å². The second-order valence-electron chi connectivity index (χ2n) is 1.38. The summed E-state index contributed by atoms with van der Waals surface area (Å²) in [6.45, 7) is -3.88. The lowest BCUT2D eigenvalue weighted by Gasteiger charge is -2.07. The van der Waals surface area contributed by atoms with Crippen molar-refractivity contribution in [2.24, 2.45) is 0 Å². The van der Waals surface area contributed by atoms with Crippen molar-refractivity contribution in [3.8, 4) is 0 Å². The Morgan fingerprint density at radius 3 is 1.88 bits per heavy atom. The van der Waals surface area contributed by atoms with Crippen molar-refractivity contribution >= 4 is 18.4 Å². The van der Waals surface area contributed by atoms with Crippen molar-refractivity contribution in [3.63, 3.8) is 0 Å². The van der Waals surface area contributed by atoms with Crippen LogP contribution in [-0.2, 0) is 4.57 Å². The monoisotopic (exact) mass is 157 g/mol. The molecule has 50 valence electrons. The van der Waals surface area contributed by atoms with E-state index in [9.17, 15) is 4.57 Å². The molecular formula is C2H8NO3PS. The summed E-state index contributed by atoms with van der Waals surface area (Å²) in [4.78, 5) is 16.4. The lowest BCUT2D eigenvalue weighted by atomic mass is 11.3. The maximum Gasteiger partial charge on any atom is 0.398 e. The van der Waals surface area contributed by atoms with Gasteiger partial charge in [-0.1, -0.05) is 0 Å². The normalized spacial score (nSPS) is 12.6. The van der Waals surface area contributed by atoms with E-state index in [2.05, 4.69) is 0 Å². The molecule has 0 aromatic heterocycles. The van der Waals surface area contributed by atoms with Crippen molar-refractivity contribution in [3.05, 3.63) is 0 Å². The van der Waals surface area contributed by atoms with Gasteiger partial charge in [-0.05, 0) is 14.1 Å². The van der Waals surface area contributed by atoms with Crippen LogP contribution in [0.25, 0.3) is 0 Å². The van der Waals surface area contributed by atoms with Crippen molar-refractivity contribution in [2.45, 2.75) is 0 Å². The Hall–Kier alpha value is 0.460.